The van der Waals surface area contributed by atoms with Gasteiger partial charge in [0.15, 0.2) is 9.84 Å². The Hall–Kier alpha value is -1.27. The zero-order valence-corrected chi connectivity index (χ0v) is 41.4. The SMILES string of the molecule is CCCCCCCCCOC(=O)CCCCCCCN(CCCCCCCC(=O)OC(CCCCCCCC)CCCCCCCC)CCCNN(CS(C)(=O)=O)N(C)C. The van der Waals surface area contributed by atoms with Gasteiger partial charge in [-0.2, -0.15) is 5.12 Å². The van der Waals surface area contributed by atoms with Crippen molar-refractivity contribution in [2.24, 2.45) is 0 Å². The maximum atomic E-state index is 12.9. The molecular formula is C49H100N4O6S. The van der Waals surface area contributed by atoms with Crippen LogP contribution in [0.2, 0.25) is 0 Å². The van der Waals surface area contributed by atoms with Crippen LogP contribution in [0.4, 0.5) is 0 Å². The predicted molar refractivity (Wildman–Crippen MR) is 255 cm³/mol. The Labute approximate surface area is 372 Å². The van der Waals surface area contributed by atoms with E-state index in [0.717, 1.165) is 116 Å². The third kappa shape index (κ3) is 42.1. The van der Waals surface area contributed by atoms with Crippen molar-refractivity contribution in [2.75, 3.05) is 59.0 Å². The topological polar surface area (TPSA) is 108 Å². The number of unbranched alkanes of at least 4 members (excludes halogenated alkanes) is 24. The predicted octanol–water partition coefficient (Wildman–Crippen LogP) is 12.4. The van der Waals surface area contributed by atoms with Crippen LogP contribution in [0.25, 0.3) is 0 Å². The summed E-state index contributed by atoms with van der Waals surface area (Å²) in [6.45, 7) is 11.1. The van der Waals surface area contributed by atoms with Crippen molar-refractivity contribution in [3.8, 4) is 0 Å². The molecule has 0 fully saturated rings. The van der Waals surface area contributed by atoms with E-state index < -0.39 is 9.84 Å². The molecule has 0 amide bonds. The maximum absolute atomic E-state index is 12.9. The van der Waals surface area contributed by atoms with E-state index in [1.807, 2.05) is 14.1 Å². The molecule has 0 aliphatic heterocycles. The van der Waals surface area contributed by atoms with Crippen LogP contribution in [0.1, 0.15) is 239 Å². The smallest absolute Gasteiger partial charge is 0.306 e. The molecule has 1 N–H and O–H groups in total. The summed E-state index contributed by atoms with van der Waals surface area (Å²) < 4.78 is 35.3. The Morgan fingerprint density at radius 3 is 1.38 bits per heavy atom. The van der Waals surface area contributed by atoms with Crippen molar-refractivity contribution in [1.29, 1.82) is 0 Å². The average Bonchev–Trinajstić information content (AvgIpc) is 3.20. The number of carbonyl (C=O) groups is 2. The van der Waals surface area contributed by atoms with E-state index in [9.17, 15) is 18.0 Å². The second kappa shape index (κ2) is 43.0. The molecule has 0 unspecified atom stereocenters. The molecule has 0 aromatic carbocycles. The fraction of sp³-hybridized carbons (Fsp3) is 0.959. The fourth-order valence-corrected chi connectivity index (χ4v) is 8.54. The lowest BCUT2D eigenvalue weighted by Crippen LogP contribution is -2.50. The van der Waals surface area contributed by atoms with Gasteiger partial charge in [-0.05, 0) is 83.8 Å². The van der Waals surface area contributed by atoms with Crippen molar-refractivity contribution >= 4 is 21.8 Å². The molecule has 0 bridgehead atoms. The number of hydrogen-bond donors (Lipinski definition) is 1. The van der Waals surface area contributed by atoms with Gasteiger partial charge in [-0.15, -0.1) is 0 Å². The van der Waals surface area contributed by atoms with Crippen molar-refractivity contribution in [2.45, 2.75) is 245 Å². The molecule has 60 heavy (non-hydrogen) atoms. The molecule has 0 saturated heterocycles. The lowest BCUT2D eigenvalue weighted by atomic mass is 10.0. The van der Waals surface area contributed by atoms with Gasteiger partial charge in [0.05, 0.1) is 6.61 Å². The van der Waals surface area contributed by atoms with Gasteiger partial charge in [0.25, 0.3) is 0 Å². The number of rotatable bonds is 47. The van der Waals surface area contributed by atoms with Crippen LogP contribution in [-0.2, 0) is 28.9 Å². The lowest BCUT2D eigenvalue weighted by molar-refractivity contribution is -0.150. The number of nitrogens with one attached hydrogen (secondary N) is 1. The Morgan fingerprint density at radius 1 is 0.517 bits per heavy atom. The molecular weight excluding hydrogens is 773 g/mol. The van der Waals surface area contributed by atoms with Crippen molar-refractivity contribution < 1.29 is 27.5 Å². The molecule has 0 radical (unpaired) electrons. The summed E-state index contributed by atoms with van der Waals surface area (Å²) in [4.78, 5) is 27.6. The molecule has 11 heteroatoms. The van der Waals surface area contributed by atoms with E-state index in [2.05, 4.69) is 31.1 Å². The first-order valence-corrected chi connectivity index (χ1v) is 27.5. The summed E-state index contributed by atoms with van der Waals surface area (Å²) in [5.74, 6) is -0.103. The Kier molecular flexibility index (Phi) is 42.1. The molecule has 0 atom stereocenters. The van der Waals surface area contributed by atoms with E-state index in [1.54, 1.807) is 10.1 Å². The molecule has 358 valence electrons. The van der Waals surface area contributed by atoms with Gasteiger partial charge in [-0.3, -0.25) is 9.59 Å². The first-order valence-electron chi connectivity index (χ1n) is 25.5. The van der Waals surface area contributed by atoms with Crippen molar-refractivity contribution in [1.82, 2.24) is 20.5 Å². The Morgan fingerprint density at radius 2 is 0.917 bits per heavy atom. The van der Waals surface area contributed by atoms with Gasteiger partial charge in [-0.25, -0.2) is 18.9 Å². The zero-order valence-electron chi connectivity index (χ0n) is 40.6. The third-order valence-corrected chi connectivity index (χ3v) is 12.3. The van der Waals surface area contributed by atoms with E-state index >= 15 is 0 Å². The summed E-state index contributed by atoms with van der Waals surface area (Å²) >= 11 is 0. The monoisotopic (exact) mass is 873 g/mol. The zero-order chi connectivity index (χ0) is 44.4. The minimum absolute atomic E-state index is 0.000135. The molecule has 0 spiro atoms. The van der Waals surface area contributed by atoms with E-state index in [4.69, 9.17) is 9.47 Å². The quantitative estimate of drug-likeness (QED) is 0.0361. The summed E-state index contributed by atoms with van der Waals surface area (Å²) in [6, 6.07) is 0. The second-order valence-electron chi connectivity index (χ2n) is 18.0. The maximum Gasteiger partial charge on any atom is 0.306 e. The van der Waals surface area contributed by atoms with Crippen LogP contribution in [0.3, 0.4) is 0 Å². The highest BCUT2D eigenvalue weighted by atomic mass is 32.2. The number of nitrogens with zero attached hydrogens (tertiary/aromatic N) is 3. The summed E-state index contributed by atoms with van der Waals surface area (Å²) in [5, 5.41) is 3.44. The van der Waals surface area contributed by atoms with Gasteiger partial charge in [0.1, 0.15) is 12.0 Å². The number of hydrazine groups is 2. The van der Waals surface area contributed by atoms with Crippen molar-refractivity contribution in [3.05, 3.63) is 0 Å². The highest BCUT2D eigenvalue weighted by Crippen LogP contribution is 2.19. The first kappa shape index (κ1) is 58.7. The molecule has 0 saturated carbocycles. The van der Waals surface area contributed by atoms with Crippen LogP contribution in [0.5, 0.6) is 0 Å². The third-order valence-electron chi connectivity index (χ3n) is 11.6. The highest BCUT2D eigenvalue weighted by molar-refractivity contribution is 7.90. The van der Waals surface area contributed by atoms with Crippen LogP contribution < -0.4 is 5.43 Å². The second-order valence-corrected chi connectivity index (χ2v) is 20.1. The van der Waals surface area contributed by atoms with E-state index in [1.165, 1.54) is 115 Å². The summed E-state index contributed by atoms with van der Waals surface area (Å²) in [5.41, 5.74) is 3.29. The van der Waals surface area contributed by atoms with Crippen LogP contribution >= 0.6 is 0 Å². The van der Waals surface area contributed by atoms with Gasteiger partial charge in [-0.1, -0.05) is 162 Å². The molecule has 0 heterocycles. The van der Waals surface area contributed by atoms with Crippen LogP contribution in [0.15, 0.2) is 0 Å². The highest BCUT2D eigenvalue weighted by Gasteiger charge is 2.16. The number of hydrogen-bond acceptors (Lipinski definition) is 10. The first-order chi connectivity index (χ1) is 29.0. The Bertz CT molecular complexity index is 1050. The summed E-state index contributed by atoms with van der Waals surface area (Å²) in [7, 11) is 0.547. The standard InChI is InChI=1S/C49H100N4O6S/c1-7-10-13-16-19-28-35-45-58-48(54)39-31-24-20-26-33-42-52(44-36-41-50-53(51(4)5)46-60(6,56)57)43-34-27-21-25-32-40-49(55)59-47(37-29-22-17-14-11-8-2)38-30-23-18-15-12-9-3/h47,50H,7-46H2,1-6H3. The molecule has 0 rings (SSSR count). The number of carbonyl (C=O) groups excluding carboxylic acids is 2. The van der Waals surface area contributed by atoms with Gasteiger partial charge in [0, 0.05) is 39.7 Å². The molecule has 10 nitrogen and oxygen atoms in total. The molecule has 0 aliphatic rings. The minimum atomic E-state index is -3.15. The van der Waals surface area contributed by atoms with E-state index in [0.29, 0.717) is 26.0 Å². The largest absolute Gasteiger partial charge is 0.466 e. The summed E-state index contributed by atoms with van der Waals surface area (Å²) in [6.07, 6.45) is 39.9. The molecule has 0 aromatic heterocycles. The van der Waals surface area contributed by atoms with Gasteiger partial charge in [0.2, 0.25) is 0 Å². The molecule has 0 aromatic rings. The minimum Gasteiger partial charge on any atom is -0.466 e. The molecule has 0 aliphatic carbocycles. The van der Waals surface area contributed by atoms with Crippen LogP contribution in [0, 0.1) is 0 Å². The average molecular weight is 873 g/mol. The van der Waals surface area contributed by atoms with Gasteiger partial charge >= 0.3 is 11.9 Å². The number of ether oxygens (including phenoxy) is 2. The Balaban J connectivity index is 4.59. The number of sulfone groups is 1. The van der Waals surface area contributed by atoms with Crippen molar-refractivity contribution in [3.63, 3.8) is 0 Å². The van der Waals surface area contributed by atoms with Crippen LogP contribution in [-0.4, -0.2) is 101 Å². The van der Waals surface area contributed by atoms with Gasteiger partial charge < -0.3 is 14.4 Å². The lowest BCUT2D eigenvalue weighted by Gasteiger charge is -2.29. The van der Waals surface area contributed by atoms with E-state index in [-0.39, 0.29) is 23.9 Å². The fourth-order valence-electron chi connectivity index (χ4n) is 7.77. The normalized spacial score (nSPS) is 12.1. The number of esters is 2.